The maximum atomic E-state index is 2.50. The van der Waals surface area contributed by atoms with Gasteiger partial charge in [0.15, 0.2) is 0 Å². The van der Waals surface area contributed by atoms with Crippen molar-refractivity contribution in [2.24, 2.45) is 17.3 Å². The van der Waals surface area contributed by atoms with E-state index in [9.17, 15) is 0 Å². The molecule has 0 bridgehead atoms. The lowest BCUT2D eigenvalue weighted by atomic mass is 9.70. The van der Waals surface area contributed by atoms with E-state index in [1.807, 2.05) is 0 Å². The summed E-state index contributed by atoms with van der Waals surface area (Å²) >= 11 is 0. The van der Waals surface area contributed by atoms with Crippen LogP contribution in [0.5, 0.6) is 0 Å². The van der Waals surface area contributed by atoms with E-state index < -0.39 is 0 Å². The Morgan fingerprint density at radius 1 is 1.17 bits per heavy atom. The molecular weight excluding hydrogens is 144 g/mol. The summed E-state index contributed by atoms with van der Waals surface area (Å²) in [6, 6.07) is 0. The monoisotopic (exact) mass is 168 g/mol. The molecule has 0 radical (unpaired) electrons. The van der Waals surface area contributed by atoms with E-state index in [4.69, 9.17) is 0 Å². The highest BCUT2D eigenvalue weighted by Crippen LogP contribution is 2.46. The number of hydrogen-bond acceptors (Lipinski definition) is 0. The highest BCUT2D eigenvalue weighted by Gasteiger charge is 2.35. The molecule has 0 spiro atoms. The van der Waals surface area contributed by atoms with Crippen LogP contribution < -0.4 is 0 Å². The Hall–Kier alpha value is 0. The van der Waals surface area contributed by atoms with Crippen molar-refractivity contribution in [1.29, 1.82) is 0 Å². The molecule has 2 atom stereocenters. The summed E-state index contributed by atoms with van der Waals surface area (Å²) in [6.07, 6.45) is 7.22. The second-order valence-corrected chi connectivity index (χ2v) is 5.04. The first kappa shape index (κ1) is 10.1. The molecule has 0 aromatic rings. The quantitative estimate of drug-likeness (QED) is 0.591. The molecule has 0 amide bonds. The Morgan fingerprint density at radius 3 is 2.08 bits per heavy atom. The Balaban J connectivity index is 2.54. The van der Waals surface area contributed by atoms with Crippen LogP contribution in [0.2, 0.25) is 0 Å². The summed E-state index contributed by atoms with van der Waals surface area (Å²) < 4.78 is 0. The summed E-state index contributed by atoms with van der Waals surface area (Å²) in [6.45, 7) is 9.68. The van der Waals surface area contributed by atoms with Crippen molar-refractivity contribution in [2.75, 3.05) is 0 Å². The van der Waals surface area contributed by atoms with Gasteiger partial charge >= 0.3 is 0 Å². The van der Waals surface area contributed by atoms with E-state index in [0.717, 1.165) is 11.8 Å². The third kappa shape index (κ3) is 1.84. The fraction of sp³-hybridized carbons (Fsp3) is 1.00. The zero-order chi connectivity index (χ0) is 9.19. The van der Waals surface area contributed by atoms with Gasteiger partial charge in [-0.1, -0.05) is 47.0 Å². The first-order chi connectivity index (χ1) is 5.60. The first-order valence-corrected chi connectivity index (χ1v) is 5.60. The fourth-order valence-electron chi connectivity index (χ4n) is 2.68. The van der Waals surface area contributed by atoms with Crippen LogP contribution in [-0.2, 0) is 0 Å². The average molecular weight is 168 g/mol. The predicted octanol–water partition coefficient (Wildman–Crippen LogP) is 4.25. The molecule has 1 aliphatic carbocycles. The highest BCUT2D eigenvalue weighted by atomic mass is 14.4. The van der Waals surface area contributed by atoms with Crippen LogP contribution in [0.15, 0.2) is 0 Å². The van der Waals surface area contributed by atoms with Gasteiger partial charge in [0, 0.05) is 0 Å². The first-order valence-electron chi connectivity index (χ1n) is 5.60. The Kier molecular flexibility index (Phi) is 3.20. The van der Waals surface area contributed by atoms with E-state index in [-0.39, 0.29) is 0 Å². The van der Waals surface area contributed by atoms with Gasteiger partial charge in [-0.15, -0.1) is 0 Å². The van der Waals surface area contributed by atoms with Crippen LogP contribution in [-0.4, -0.2) is 0 Å². The smallest absolute Gasteiger partial charge is 0.0298 e. The van der Waals surface area contributed by atoms with Crippen molar-refractivity contribution >= 4 is 0 Å². The normalized spacial score (nSPS) is 27.0. The van der Waals surface area contributed by atoms with Gasteiger partial charge in [0.25, 0.3) is 0 Å². The zero-order valence-corrected chi connectivity index (χ0v) is 9.19. The Bertz CT molecular complexity index is 131. The molecule has 0 heteroatoms. The summed E-state index contributed by atoms with van der Waals surface area (Å²) in [7, 11) is 0. The van der Waals surface area contributed by atoms with Gasteiger partial charge in [-0.3, -0.25) is 0 Å². The molecular formula is C12H24. The molecule has 0 aliphatic heterocycles. The molecule has 0 aromatic carbocycles. The van der Waals surface area contributed by atoms with E-state index in [1.54, 1.807) is 0 Å². The number of rotatable bonds is 3. The molecule has 0 aromatic heterocycles. The molecule has 12 heavy (non-hydrogen) atoms. The third-order valence-corrected chi connectivity index (χ3v) is 4.34. The van der Waals surface area contributed by atoms with E-state index in [0.29, 0.717) is 5.41 Å². The predicted molar refractivity (Wildman–Crippen MR) is 55.2 cm³/mol. The van der Waals surface area contributed by atoms with Crippen molar-refractivity contribution in [1.82, 2.24) is 0 Å². The largest absolute Gasteiger partial charge is 0.0651 e. The molecule has 1 fully saturated rings. The lowest BCUT2D eigenvalue weighted by Crippen LogP contribution is -2.26. The van der Waals surface area contributed by atoms with E-state index in [1.165, 1.54) is 32.1 Å². The minimum atomic E-state index is 0.676. The lowest BCUT2D eigenvalue weighted by molar-refractivity contribution is 0.147. The molecule has 0 nitrogen and oxygen atoms in total. The van der Waals surface area contributed by atoms with Gasteiger partial charge in [0.1, 0.15) is 0 Å². The van der Waals surface area contributed by atoms with Crippen molar-refractivity contribution in [2.45, 2.75) is 59.8 Å². The van der Waals surface area contributed by atoms with Crippen LogP contribution in [0, 0.1) is 17.3 Å². The third-order valence-electron chi connectivity index (χ3n) is 4.34. The minimum absolute atomic E-state index is 0.676. The van der Waals surface area contributed by atoms with Gasteiger partial charge in [0.05, 0.1) is 0 Å². The van der Waals surface area contributed by atoms with Gasteiger partial charge in [-0.05, 0) is 30.1 Å². The van der Waals surface area contributed by atoms with Crippen molar-refractivity contribution < 1.29 is 0 Å². The van der Waals surface area contributed by atoms with Gasteiger partial charge in [-0.2, -0.15) is 0 Å². The topological polar surface area (TPSA) is 0 Å². The molecule has 1 rings (SSSR count). The summed E-state index contributed by atoms with van der Waals surface area (Å²) in [5.74, 6) is 1.83. The van der Waals surface area contributed by atoms with Crippen LogP contribution in [0.4, 0.5) is 0 Å². The molecule has 1 aliphatic rings. The second-order valence-electron chi connectivity index (χ2n) is 5.04. The summed E-state index contributed by atoms with van der Waals surface area (Å²) in [5.41, 5.74) is 0.676. The second kappa shape index (κ2) is 3.81. The van der Waals surface area contributed by atoms with Crippen molar-refractivity contribution in [3.63, 3.8) is 0 Å². The molecule has 0 N–H and O–H groups in total. The van der Waals surface area contributed by atoms with E-state index >= 15 is 0 Å². The molecule has 0 saturated heterocycles. The standard InChI is InChI=1S/C12H24/c1-5-10(2)11(3)12(4)8-6-7-9-12/h10-11H,5-9H2,1-4H3. The van der Waals surface area contributed by atoms with Crippen LogP contribution in [0.25, 0.3) is 0 Å². The molecule has 1 saturated carbocycles. The zero-order valence-electron chi connectivity index (χ0n) is 9.19. The van der Waals surface area contributed by atoms with E-state index in [2.05, 4.69) is 27.7 Å². The maximum Gasteiger partial charge on any atom is -0.0298 e. The Labute approximate surface area is 77.7 Å². The summed E-state index contributed by atoms with van der Waals surface area (Å²) in [4.78, 5) is 0. The van der Waals surface area contributed by atoms with Crippen molar-refractivity contribution in [3.8, 4) is 0 Å². The maximum absolute atomic E-state index is 2.50. The van der Waals surface area contributed by atoms with Crippen LogP contribution in [0.3, 0.4) is 0 Å². The van der Waals surface area contributed by atoms with Gasteiger partial charge in [0.2, 0.25) is 0 Å². The molecule has 72 valence electrons. The average Bonchev–Trinajstić information content (AvgIpc) is 2.50. The Morgan fingerprint density at radius 2 is 1.67 bits per heavy atom. The molecule has 0 heterocycles. The lowest BCUT2D eigenvalue weighted by Gasteiger charge is -2.35. The van der Waals surface area contributed by atoms with Gasteiger partial charge in [-0.25, -0.2) is 0 Å². The fourth-order valence-corrected chi connectivity index (χ4v) is 2.68. The SMILES string of the molecule is CCC(C)C(C)C1(C)CCCC1. The van der Waals surface area contributed by atoms with Crippen LogP contribution >= 0.6 is 0 Å². The number of hydrogen-bond donors (Lipinski definition) is 0. The van der Waals surface area contributed by atoms with Crippen LogP contribution in [0.1, 0.15) is 59.8 Å². The van der Waals surface area contributed by atoms with Gasteiger partial charge < -0.3 is 0 Å². The minimum Gasteiger partial charge on any atom is -0.0651 e. The summed E-state index contributed by atoms with van der Waals surface area (Å²) in [5, 5.41) is 0. The van der Waals surface area contributed by atoms with Crippen molar-refractivity contribution in [3.05, 3.63) is 0 Å². The molecule has 2 unspecified atom stereocenters. The highest BCUT2D eigenvalue weighted by molar-refractivity contribution is 4.86.